The highest BCUT2D eigenvalue weighted by atomic mass is 16.5. The first-order chi connectivity index (χ1) is 15.7. The molecule has 2 fully saturated rings. The Morgan fingerprint density at radius 1 is 1.19 bits per heavy atom. The van der Waals surface area contributed by atoms with Gasteiger partial charge in [-0.25, -0.2) is 14.6 Å². The van der Waals surface area contributed by atoms with E-state index in [1.807, 2.05) is 6.07 Å². The molecule has 2 aromatic heterocycles. The molecule has 0 unspecified atom stereocenters. The van der Waals surface area contributed by atoms with Crippen LogP contribution < -0.4 is 15.0 Å². The van der Waals surface area contributed by atoms with E-state index in [0.717, 1.165) is 30.8 Å². The van der Waals surface area contributed by atoms with Crippen molar-refractivity contribution in [1.29, 1.82) is 5.26 Å². The lowest BCUT2D eigenvalue weighted by atomic mass is 10.0. The van der Waals surface area contributed by atoms with Gasteiger partial charge < -0.3 is 15.0 Å². The number of benzene rings is 1. The highest BCUT2D eigenvalue weighted by molar-refractivity contribution is 5.95. The normalized spacial score (nSPS) is 16.8. The summed E-state index contributed by atoms with van der Waals surface area (Å²) in [5, 5.41) is 16.9. The second kappa shape index (κ2) is 8.77. The molecule has 3 aromatic rings. The van der Waals surface area contributed by atoms with Crippen molar-refractivity contribution in [3.8, 4) is 23.4 Å². The van der Waals surface area contributed by atoms with Crippen LogP contribution in [0.3, 0.4) is 0 Å². The van der Waals surface area contributed by atoms with Crippen LogP contribution in [0.15, 0.2) is 43.0 Å². The molecule has 5 rings (SSSR count). The minimum absolute atomic E-state index is 0.00697. The Labute approximate surface area is 185 Å². The molecule has 0 atom stereocenters. The number of anilines is 1. The van der Waals surface area contributed by atoms with Gasteiger partial charge in [0.2, 0.25) is 11.8 Å². The molecule has 162 valence electrons. The smallest absolute Gasteiger partial charge is 0.241 e. The van der Waals surface area contributed by atoms with Gasteiger partial charge >= 0.3 is 0 Å². The largest absolute Gasteiger partial charge is 0.437 e. The molecule has 9 nitrogen and oxygen atoms in total. The first kappa shape index (κ1) is 20.2. The average molecular weight is 429 g/mol. The summed E-state index contributed by atoms with van der Waals surface area (Å²) in [7, 11) is 0. The number of piperazine rings is 1. The number of aromatic nitrogens is 4. The van der Waals surface area contributed by atoms with Gasteiger partial charge in [-0.2, -0.15) is 10.4 Å². The third kappa shape index (κ3) is 4.05. The number of nitriles is 1. The monoisotopic (exact) mass is 429 g/mol. The van der Waals surface area contributed by atoms with E-state index in [-0.39, 0.29) is 5.91 Å². The predicted octanol–water partition coefficient (Wildman–Crippen LogP) is 2.92. The molecular formula is C23H23N7O2. The lowest BCUT2D eigenvalue weighted by Crippen LogP contribution is -2.48. The standard InChI is InChI=1S/C23H23N7O2/c24-11-16-5-6-20(30-14-18(12-28-30)29-8-7-25-13-23(29)31)21(9-16)32-22-10-19(26-15-27-22)17-3-1-2-4-17/h5-6,9-10,12,14-15,17,25H,1-4,7-8,13H2. The summed E-state index contributed by atoms with van der Waals surface area (Å²) in [6.45, 7) is 1.64. The van der Waals surface area contributed by atoms with Gasteiger partial charge in [0, 0.05) is 31.1 Å². The van der Waals surface area contributed by atoms with Crippen LogP contribution >= 0.6 is 0 Å². The predicted molar refractivity (Wildman–Crippen MR) is 117 cm³/mol. The Hall–Kier alpha value is -3.77. The maximum absolute atomic E-state index is 12.2. The van der Waals surface area contributed by atoms with Gasteiger partial charge in [-0.05, 0) is 25.0 Å². The number of rotatable bonds is 5. The molecule has 1 aliphatic carbocycles. The Morgan fingerprint density at radius 3 is 2.88 bits per heavy atom. The lowest BCUT2D eigenvalue weighted by Gasteiger charge is -2.25. The zero-order valence-electron chi connectivity index (χ0n) is 17.6. The van der Waals surface area contributed by atoms with Crippen LogP contribution in [-0.2, 0) is 4.79 Å². The van der Waals surface area contributed by atoms with E-state index in [1.54, 1.807) is 40.2 Å². The number of nitrogens with zero attached hydrogens (tertiary/aromatic N) is 6. The Morgan fingerprint density at radius 2 is 2.06 bits per heavy atom. The van der Waals surface area contributed by atoms with Crippen molar-refractivity contribution < 1.29 is 9.53 Å². The van der Waals surface area contributed by atoms with Gasteiger partial charge in [-0.15, -0.1) is 0 Å². The van der Waals surface area contributed by atoms with Crippen LogP contribution in [0.1, 0.15) is 42.9 Å². The van der Waals surface area contributed by atoms with Crippen molar-refractivity contribution in [3.63, 3.8) is 0 Å². The summed E-state index contributed by atoms with van der Waals surface area (Å²) in [5.74, 6) is 1.34. The van der Waals surface area contributed by atoms with Crippen molar-refractivity contribution in [2.75, 3.05) is 24.5 Å². The zero-order chi connectivity index (χ0) is 21.9. The fourth-order valence-corrected chi connectivity index (χ4v) is 4.29. The molecule has 2 aliphatic rings. The Bertz CT molecular complexity index is 1180. The molecule has 1 N–H and O–H groups in total. The molecule has 1 aromatic carbocycles. The highest BCUT2D eigenvalue weighted by Crippen LogP contribution is 2.35. The van der Waals surface area contributed by atoms with E-state index in [0.29, 0.717) is 41.9 Å². The van der Waals surface area contributed by atoms with E-state index in [2.05, 4.69) is 26.5 Å². The fourth-order valence-electron chi connectivity index (χ4n) is 4.29. The zero-order valence-corrected chi connectivity index (χ0v) is 17.6. The van der Waals surface area contributed by atoms with Crippen molar-refractivity contribution in [3.05, 3.63) is 54.2 Å². The van der Waals surface area contributed by atoms with Gasteiger partial charge in [-0.3, -0.25) is 4.79 Å². The summed E-state index contributed by atoms with van der Waals surface area (Å²) < 4.78 is 7.78. The number of ether oxygens (including phenoxy) is 1. The molecule has 0 radical (unpaired) electrons. The van der Waals surface area contributed by atoms with Crippen LogP contribution in [0.2, 0.25) is 0 Å². The summed E-state index contributed by atoms with van der Waals surface area (Å²) in [6, 6.07) is 9.19. The Balaban J connectivity index is 1.46. The highest BCUT2D eigenvalue weighted by Gasteiger charge is 2.22. The number of hydrogen-bond donors (Lipinski definition) is 1. The number of hydrogen-bond acceptors (Lipinski definition) is 7. The average Bonchev–Trinajstić information content (AvgIpc) is 3.52. The molecular weight excluding hydrogens is 406 g/mol. The molecule has 1 saturated heterocycles. The second-order valence-electron chi connectivity index (χ2n) is 8.02. The summed E-state index contributed by atoms with van der Waals surface area (Å²) >= 11 is 0. The molecule has 32 heavy (non-hydrogen) atoms. The van der Waals surface area contributed by atoms with Crippen LogP contribution in [-0.4, -0.2) is 45.3 Å². The van der Waals surface area contributed by atoms with Crippen molar-refractivity contribution in [2.45, 2.75) is 31.6 Å². The first-order valence-electron chi connectivity index (χ1n) is 10.8. The van der Waals surface area contributed by atoms with Gasteiger partial charge in [0.1, 0.15) is 12.0 Å². The van der Waals surface area contributed by atoms with Crippen molar-refractivity contribution in [2.24, 2.45) is 0 Å². The van der Waals surface area contributed by atoms with Crippen LogP contribution in [0.4, 0.5) is 5.69 Å². The first-order valence-corrected chi connectivity index (χ1v) is 10.8. The molecule has 0 spiro atoms. The molecule has 9 heteroatoms. The van der Waals surface area contributed by atoms with Crippen molar-refractivity contribution in [1.82, 2.24) is 25.1 Å². The van der Waals surface area contributed by atoms with E-state index in [9.17, 15) is 10.1 Å². The molecule has 1 aliphatic heterocycles. The van der Waals surface area contributed by atoms with Crippen LogP contribution in [0.5, 0.6) is 11.6 Å². The van der Waals surface area contributed by atoms with E-state index < -0.39 is 0 Å². The van der Waals surface area contributed by atoms with Gasteiger partial charge in [-0.1, -0.05) is 12.8 Å². The maximum Gasteiger partial charge on any atom is 0.241 e. The number of nitrogens with one attached hydrogen (secondary N) is 1. The Kier molecular flexibility index (Phi) is 5.52. The minimum Gasteiger partial charge on any atom is -0.437 e. The van der Waals surface area contributed by atoms with Gasteiger partial charge in [0.05, 0.1) is 42.0 Å². The van der Waals surface area contributed by atoms with Crippen LogP contribution in [0, 0.1) is 11.3 Å². The van der Waals surface area contributed by atoms with E-state index in [4.69, 9.17) is 4.74 Å². The number of amides is 1. The SMILES string of the molecule is N#Cc1ccc(-n2cc(N3CCNCC3=O)cn2)c(Oc2cc(C3CCCC3)ncn2)c1. The summed E-state index contributed by atoms with van der Waals surface area (Å²) in [6.07, 6.45) is 9.68. The van der Waals surface area contributed by atoms with Gasteiger partial charge in [0.25, 0.3) is 0 Å². The third-order valence-electron chi connectivity index (χ3n) is 5.96. The topological polar surface area (TPSA) is 109 Å². The van der Waals surface area contributed by atoms with Gasteiger partial charge in [0.15, 0.2) is 5.75 Å². The number of carbonyl (C=O) groups is 1. The van der Waals surface area contributed by atoms with E-state index in [1.165, 1.54) is 19.2 Å². The molecule has 1 saturated carbocycles. The van der Waals surface area contributed by atoms with Crippen molar-refractivity contribution >= 4 is 11.6 Å². The van der Waals surface area contributed by atoms with Crippen LogP contribution in [0.25, 0.3) is 5.69 Å². The summed E-state index contributed by atoms with van der Waals surface area (Å²) in [4.78, 5) is 22.7. The van der Waals surface area contributed by atoms with E-state index >= 15 is 0 Å². The quantitative estimate of drug-likeness (QED) is 0.664. The maximum atomic E-state index is 12.2. The second-order valence-corrected chi connectivity index (χ2v) is 8.02. The lowest BCUT2D eigenvalue weighted by molar-refractivity contribution is -0.118. The minimum atomic E-state index is 0.00697. The fraction of sp³-hybridized carbons (Fsp3) is 0.348. The molecule has 3 heterocycles. The third-order valence-corrected chi connectivity index (χ3v) is 5.96. The molecule has 1 amide bonds. The molecule has 0 bridgehead atoms. The summed E-state index contributed by atoms with van der Waals surface area (Å²) in [5.41, 5.74) is 2.83. The number of carbonyl (C=O) groups excluding carboxylic acids is 1.